The topological polar surface area (TPSA) is 50.2 Å². The number of carbonyl (C=O) groups is 1. The minimum absolute atomic E-state index is 0.0110. The van der Waals surface area contributed by atoms with Gasteiger partial charge in [-0.05, 0) is 63.0 Å². The summed E-state index contributed by atoms with van der Waals surface area (Å²) in [5, 5.41) is 7.24. The van der Waals surface area contributed by atoms with E-state index in [9.17, 15) is 4.79 Å². The predicted molar refractivity (Wildman–Crippen MR) is 90.7 cm³/mol. The van der Waals surface area contributed by atoms with E-state index in [2.05, 4.69) is 22.4 Å². The molecule has 1 aromatic carbocycles. The number of benzene rings is 1. The number of carbonyl (C=O) groups excluding carboxylic acids is 1. The van der Waals surface area contributed by atoms with Crippen LogP contribution in [0.2, 0.25) is 0 Å². The highest BCUT2D eigenvalue weighted by atomic mass is 16.1. The van der Waals surface area contributed by atoms with Crippen molar-refractivity contribution in [3.63, 3.8) is 0 Å². The molecule has 1 saturated heterocycles. The number of aromatic nitrogens is 2. The quantitative estimate of drug-likeness (QED) is 0.922. The number of hydrogen-bond donors (Lipinski definition) is 1. The molecule has 1 atom stereocenters. The smallest absolute Gasteiger partial charge is 0.251 e. The van der Waals surface area contributed by atoms with Crippen molar-refractivity contribution in [2.45, 2.75) is 19.3 Å². The van der Waals surface area contributed by atoms with Crippen molar-refractivity contribution in [3.8, 4) is 5.69 Å². The number of piperidine rings is 1. The van der Waals surface area contributed by atoms with Gasteiger partial charge in [0.05, 0.1) is 5.69 Å². The average Bonchev–Trinajstić information content (AvgIpc) is 3.09. The van der Waals surface area contributed by atoms with E-state index in [0.29, 0.717) is 11.5 Å². The Bertz CT molecular complexity index is 638. The zero-order chi connectivity index (χ0) is 16.1. The van der Waals surface area contributed by atoms with Crippen molar-refractivity contribution < 1.29 is 4.79 Å². The molecular weight excluding hydrogens is 288 g/mol. The Kier molecular flexibility index (Phi) is 5.08. The lowest BCUT2D eigenvalue weighted by molar-refractivity contribution is 0.0948. The van der Waals surface area contributed by atoms with Crippen LogP contribution < -0.4 is 5.32 Å². The van der Waals surface area contributed by atoms with E-state index in [-0.39, 0.29) is 5.91 Å². The second-order valence-electron chi connectivity index (χ2n) is 6.32. The molecule has 1 aromatic heterocycles. The van der Waals surface area contributed by atoms with Crippen LogP contribution in [0.4, 0.5) is 0 Å². The van der Waals surface area contributed by atoms with Gasteiger partial charge >= 0.3 is 0 Å². The Labute approximate surface area is 137 Å². The monoisotopic (exact) mass is 312 g/mol. The third kappa shape index (κ3) is 4.20. The second kappa shape index (κ2) is 7.42. The van der Waals surface area contributed by atoms with Gasteiger partial charge in [-0.2, -0.15) is 5.10 Å². The Hall–Kier alpha value is -2.14. The van der Waals surface area contributed by atoms with Crippen LogP contribution in [0.25, 0.3) is 5.69 Å². The maximum Gasteiger partial charge on any atom is 0.251 e. The maximum absolute atomic E-state index is 12.3. The van der Waals surface area contributed by atoms with Crippen molar-refractivity contribution in [3.05, 3.63) is 48.3 Å². The second-order valence-corrected chi connectivity index (χ2v) is 6.32. The SMILES string of the molecule is CN1CCC[C@H](CCNC(=O)c2cccc(-n3cccn3)c2)C1. The summed E-state index contributed by atoms with van der Waals surface area (Å²) in [6, 6.07) is 9.42. The molecule has 3 rings (SSSR count). The van der Waals surface area contributed by atoms with Gasteiger partial charge in [0.2, 0.25) is 0 Å². The van der Waals surface area contributed by atoms with Crippen molar-refractivity contribution in [2.75, 3.05) is 26.7 Å². The van der Waals surface area contributed by atoms with Gasteiger partial charge in [0.25, 0.3) is 5.91 Å². The minimum Gasteiger partial charge on any atom is -0.352 e. The summed E-state index contributed by atoms with van der Waals surface area (Å²) < 4.78 is 1.76. The number of amides is 1. The Morgan fingerprint density at radius 1 is 1.39 bits per heavy atom. The van der Waals surface area contributed by atoms with Crippen molar-refractivity contribution in [1.82, 2.24) is 20.0 Å². The van der Waals surface area contributed by atoms with Gasteiger partial charge in [-0.25, -0.2) is 4.68 Å². The van der Waals surface area contributed by atoms with E-state index >= 15 is 0 Å². The standard InChI is InChI=1S/C18H24N4O/c1-21-11-3-5-15(14-21)8-10-19-18(23)16-6-2-7-17(13-16)22-12-4-9-20-22/h2,4,6-7,9,12-13,15H,3,5,8,10-11,14H2,1H3,(H,19,23)/t15-/m1/s1. The summed E-state index contributed by atoms with van der Waals surface area (Å²) in [5.41, 5.74) is 1.58. The van der Waals surface area contributed by atoms with E-state index in [1.807, 2.05) is 36.5 Å². The van der Waals surface area contributed by atoms with Gasteiger partial charge in [-0.15, -0.1) is 0 Å². The summed E-state index contributed by atoms with van der Waals surface area (Å²) in [6.07, 6.45) is 7.19. The molecule has 1 amide bonds. The molecule has 0 saturated carbocycles. The molecule has 122 valence electrons. The molecular formula is C18H24N4O. The van der Waals surface area contributed by atoms with Gasteiger partial charge in [-0.3, -0.25) is 4.79 Å². The van der Waals surface area contributed by atoms with Gasteiger partial charge in [-0.1, -0.05) is 6.07 Å². The molecule has 0 spiro atoms. The Morgan fingerprint density at radius 3 is 3.09 bits per heavy atom. The lowest BCUT2D eigenvalue weighted by Gasteiger charge is -2.29. The summed E-state index contributed by atoms with van der Waals surface area (Å²) in [5.74, 6) is 0.688. The molecule has 1 aliphatic heterocycles. The van der Waals surface area contributed by atoms with Crippen LogP contribution in [0.15, 0.2) is 42.7 Å². The fraction of sp³-hybridized carbons (Fsp3) is 0.444. The first-order valence-electron chi connectivity index (χ1n) is 8.29. The first-order valence-corrected chi connectivity index (χ1v) is 8.29. The van der Waals surface area contributed by atoms with E-state index in [0.717, 1.165) is 25.2 Å². The molecule has 0 unspecified atom stereocenters. The predicted octanol–water partition coefficient (Wildman–Crippen LogP) is 2.33. The molecule has 23 heavy (non-hydrogen) atoms. The third-order valence-electron chi connectivity index (χ3n) is 4.44. The molecule has 0 bridgehead atoms. The maximum atomic E-state index is 12.3. The Morgan fingerprint density at radius 2 is 2.30 bits per heavy atom. The molecule has 0 aliphatic carbocycles. The zero-order valence-corrected chi connectivity index (χ0v) is 13.6. The molecule has 0 radical (unpaired) electrons. The summed E-state index contributed by atoms with van der Waals surface area (Å²) in [7, 11) is 2.17. The Balaban J connectivity index is 1.53. The lowest BCUT2D eigenvalue weighted by atomic mass is 9.95. The fourth-order valence-electron chi connectivity index (χ4n) is 3.21. The lowest BCUT2D eigenvalue weighted by Crippen LogP contribution is -2.34. The molecule has 1 aliphatic rings. The van der Waals surface area contributed by atoms with E-state index < -0.39 is 0 Å². The number of rotatable bonds is 5. The molecule has 1 N–H and O–H groups in total. The normalized spacial score (nSPS) is 18.7. The number of likely N-dealkylation sites (tertiary alicyclic amines) is 1. The highest BCUT2D eigenvalue weighted by Crippen LogP contribution is 2.17. The van der Waals surface area contributed by atoms with Crippen LogP contribution in [0.3, 0.4) is 0 Å². The van der Waals surface area contributed by atoms with Crippen LogP contribution in [0.1, 0.15) is 29.6 Å². The van der Waals surface area contributed by atoms with Crippen LogP contribution >= 0.6 is 0 Å². The molecule has 2 heterocycles. The van der Waals surface area contributed by atoms with Gasteiger partial charge in [0.15, 0.2) is 0 Å². The number of nitrogens with zero attached hydrogens (tertiary/aromatic N) is 3. The van der Waals surface area contributed by atoms with Gasteiger partial charge in [0, 0.05) is 31.0 Å². The highest BCUT2D eigenvalue weighted by Gasteiger charge is 2.17. The highest BCUT2D eigenvalue weighted by molar-refractivity contribution is 5.94. The van der Waals surface area contributed by atoms with Crippen LogP contribution in [0, 0.1) is 5.92 Å². The largest absolute Gasteiger partial charge is 0.352 e. The first kappa shape index (κ1) is 15.7. The van der Waals surface area contributed by atoms with E-state index in [4.69, 9.17) is 0 Å². The van der Waals surface area contributed by atoms with Crippen LogP contribution in [-0.4, -0.2) is 47.3 Å². The number of hydrogen-bond acceptors (Lipinski definition) is 3. The van der Waals surface area contributed by atoms with Crippen molar-refractivity contribution >= 4 is 5.91 Å². The summed E-state index contributed by atoms with van der Waals surface area (Å²) in [6.45, 7) is 3.08. The third-order valence-corrected chi connectivity index (χ3v) is 4.44. The minimum atomic E-state index is -0.0110. The van der Waals surface area contributed by atoms with Gasteiger partial charge < -0.3 is 10.2 Å². The van der Waals surface area contributed by atoms with Crippen molar-refractivity contribution in [2.24, 2.45) is 5.92 Å². The molecule has 2 aromatic rings. The zero-order valence-electron chi connectivity index (χ0n) is 13.6. The summed E-state index contributed by atoms with van der Waals surface area (Å²) in [4.78, 5) is 14.7. The number of nitrogens with one attached hydrogen (secondary N) is 1. The van der Waals surface area contributed by atoms with Gasteiger partial charge in [0.1, 0.15) is 0 Å². The molecule has 5 nitrogen and oxygen atoms in total. The average molecular weight is 312 g/mol. The van der Waals surface area contributed by atoms with E-state index in [1.54, 1.807) is 10.9 Å². The summed E-state index contributed by atoms with van der Waals surface area (Å²) >= 11 is 0. The van der Waals surface area contributed by atoms with Crippen LogP contribution in [0.5, 0.6) is 0 Å². The fourth-order valence-corrected chi connectivity index (χ4v) is 3.21. The first-order chi connectivity index (χ1) is 11.2. The molecule has 5 heteroatoms. The van der Waals surface area contributed by atoms with Crippen molar-refractivity contribution in [1.29, 1.82) is 0 Å². The molecule has 1 fully saturated rings. The van der Waals surface area contributed by atoms with Crippen LogP contribution in [-0.2, 0) is 0 Å². The van der Waals surface area contributed by atoms with E-state index in [1.165, 1.54) is 19.4 Å².